The predicted molar refractivity (Wildman–Crippen MR) is 78.0 cm³/mol. The second-order valence-electron chi connectivity index (χ2n) is 3.75. The van der Waals surface area contributed by atoms with Crippen LogP contribution in [-0.2, 0) is 0 Å². The normalized spacial score (nSPS) is 16.1. The molecule has 1 aliphatic rings. The maximum Gasteiger partial charge on any atom is 0.150 e. The van der Waals surface area contributed by atoms with Gasteiger partial charge in [0.15, 0.2) is 0 Å². The largest absolute Gasteiger partial charge is 0.369 e. The number of thioether (sulfide) groups is 1. The van der Waals surface area contributed by atoms with Crippen molar-refractivity contribution in [2.24, 2.45) is 0 Å². The van der Waals surface area contributed by atoms with Crippen molar-refractivity contribution in [2.45, 2.75) is 6.92 Å². The number of anilines is 2. The number of nitrogens with zero attached hydrogens (tertiary/aromatic N) is 2. The van der Waals surface area contributed by atoms with E-state index in [0.717, 1.165) is 37.0 Å². The summed E-state index contributed by atoms with van der Waals surface area (Å²) in [5, 5.41) is 4.35. The zero-order chi connectivity index (χ0) is 12.3. The SMILES string of the molecule is CCNc1nc(N2CCSCC2)c(Cl)cc1Cl. The number of pyridine rings is 1. The molecule has 0 atom stereocenters. The van der Waals surface area contributed by atoms with E-state index in [4.69, 9.17) is 23.2 Å². The van der Waals surface area contributed by atoms with Crippen molar-refractivity contribution in [3.05, 3.63) is 16.1 Å². The molecular formula is C11H15Cl2N3S. The fourth-order valence-electron chi connectivity index (χ4n) is 1.75. The van der Waals surface area contributed by atoms with E-state index in [1.165, 1.54) is 0 Å². The summed E-state index contributed by atoms with van der Waals surface area (Å²) in [6.07, 6.45) is 0. The van der Waals surface area contributed by atoms with E-state index in [0.29, 0.717) is 15.9 Å². The highest BCUT2D eigenvalue weighted by Crippen LogP contribution is 2.32. The van der Waals surface area contributed by atoms with Crippen LogP contribution in [0.2, 0.25) is 10.0 Å². The number of hydrogen-bond acceptors (Lipinski definition) is 4. The predicted octanol–water partition coefficient (Wildman–Crippen LogP) is 3.37. The monoisotopic (exact) mass is 291 g/mol. The topological polar surface area (TPSA) is 28.2 Å². The second kappa shape index (κ2) is 6.03. The lowest BCUT2D eigenvalue weighted by Crippen LogP contribution is -2.33. The molecule has 0 spiro atoms. The van der Waals surface area contributed by atoms with E-state index in [9.17, 15) is 0 Å². The Kier molecular flexibility index (Phi) is 4.65. The Bertz CT molecular complexity index is 395. The van der Waals surface area contributed by atoms with Gasteiger partial charge in [0.2, 0.25) is 0 Å². The van der Waals surface area contributed by atoms with Gasteiger partial charge in [0, 0.05) is 31.1 Å². The fraction of sp³-hybridized carbons (Fsp3) is 0.545. The summed E-state index contributed by atoms with van der Waals surface area (Å²) in [5.41, 5.74) is 0. The molecule has 2 heterocycles. The second-order valence-corrected chi connectivity index (χ2v) is 5.79. The zero-order valence-electron chi connectivity index (χ0n) is 9.67. The van der Waals surface area contributed by atoms with Crippen molar-refractivity contribution in [1.29, 1.82) is 0 Å². The molecule has 0 bridgehead atoms. The minimum absolute atomic E-state index is 0.576. The molecule has 6 heteroatoms. The Hall–Kier alpha value is -0.320. The molecule has 0 unspecified atom stereocenters. The average Bonchev–Trinajstić information content (AvgIpc) is 2.34. The summed E-state index contributed by atoms with van der Waals surface area (Å²) >= 11 is 14.3. The molecule has 0 radical (unpaired) electrons. The molecule has 1 fully saturated rings. The van der Waals surface area contributed by atoms with Crippen LogP contribution in [0.1, 0.15) is 6.92 Å². The molecule has 1 saturated heterocycles. The van der Waals surface area contributed by atoms with Gasteiger partial charge in [-0.3, -0.25) is 0 Å². The van der Waals surface area contributed by atoms with Gasteiger partial charge >= 0.3 is 0 Å². The van der Waals surface area contributed by atoms with Crippen molar-refractivity contribution < 1.29 is 0 Å². The van der Waals surface area contributed by atoms with Crippen LogP contribution in [0.3, 0.4) is 0 Å². The molecule has 0 aliphatic carbocycles. The minimum Gasteiger partial charge on any atom is -0.369 e. The van der Waals surface area contributed by atoms with Crippen LogP contribution in [-0.4, -0.2) is 36.1 Å². The quantitative estimate of drug-likeness (QED) is 0.924. The van der Waals surface area contributed by atoms with Crippen LogP contribution in [0.4, 0.5) is 11.6 Å². The lowest BCUT2D eigenvalue weighted by Gasteiger charge is -2.28. The highest BCUT2D eigenvalue weighted by molar-refractivity contribution is 7.99. The average molecular weight is 292 g/mol. The maximum atomic E-state index is 6.21. The fourth-order valence-corrected chi connectivity index (χ4v) is 3.19. The van der Waals surface area contributed by atoms with Crippen molar-refractivity contribution in [3.8, 4) is 0 Å². The van der Waals surface area contributed by atoms with Gasteiger partial charge in [-0.05, 0) is 13.0 Å². The molecule has 1 N–H and O–H groups in total. The molecule has 94 valence electrons. The van der Waals surface area contributed by atoms with Crippen LogP contribution in [0.5, 0.6) is 0 Å². The van der Waals surface area contributed by atoms with E-state index in [1.807, 2.05) is 18.7 Å². The zero-order valence-corrected chi connectivity index (χ0v) is 12.0. The first kappa shape index (κ1) is 13.1. The third kappa shape index (κ3) is 3.12. The van der Waals surface area contributed by atoms with Gasteiger partial charge in [0.1, 0.15) is 11.6 Å². The van der Waals surface area contributed by atoms with Gasteiger partial charge in [-0.1, -0.05) is 23.2 Å². The Morgan fingerprint density at radius 2 is 2.06 bits per heavy atom. The number of halogens is 2. The van der Waals surface area contributed by atoms with Gasteiger partial charge in [-0.15, -0.1) is 0 Å². The summed E-state index contributed by atoms with van der Waals surface area (Å²) in [4.78, 5) is 6.75. The molecule has 3 nitrogen and oxygen atoms in total. The minimum atomic E-state index is 0.576. The van der Waals surface area contributed by atoms with E-state index in [1.54, 1.807) is 6.07 Å². The van der Waals surface area contributed by atoms with Crippen molar-refractivity contribution in [1.82, 2.24) is 4.98 Å². The third-order valence-electron chi connectivity index (χ3n) is 2.57. The standard InChI is InChI=1S/C11H15Cl2N3S/c1-2-14-10-8(12)7-9(13)11(15-10)16-3-5-17-6-4-16/h7H,2-6H2,1H3,(H,14,15). The van der Waals surface area contributed by atoms with Crippen LogP contribution < -0.4 is 10.2 Å². The maximum absolute atomic E-state index is 6.21. The van der Waals surface area contributed by atoms with E-state index in [2.05, 4.69) is 15.2 Å². The van der Waals surface area contributed by atoms with Crippen LogP contribution in [0.15, 0.2) is 6.07 Å². The Morgan fingerprint density at radius 1 is 1.35 bits per heavy atom. The van der Waals surface area contributed by atoms with E-state index >= 15 is 0 Å². The summed E-state index contributed by atoms with van der Waals surface area (Å²) in [6.45, 7) is 4.79. The molecule has 0 amide bonds. The molecular weight excluding hydrogens is 277 g/mol. The molecule has 1 aliphatic heterocycles. The first-order valence-electron chi connectivity index (χ1n) is 5.65. The first-order valence-corrected chi connectivity index (χ1v) is 7.56. The molecule has 0 aromatic carbocycles. The number of nitrogens with one attached hydrogen (secondary N) is 1. The van der Waals surface area contributed by atoms with Gasteiger partial charge in [0.25, 0.3) is 0 Å². The lowest BCUT2D eigenvalue weighted by atomic mass is 10.3. The van der Waals surface area contributed by atoms with Gasteiger partial charge in [-0.2, -0.15) is 11.8 Å². The molecule has 1 aromatic rings. The number of rotatable bonds is 3. The molecule has 0 saturated carbocycles. The lowest BCUT2D eigenvalue weighted by molar-refractivity contribution is 0.839. The van der Waals surface area contributed by atoms with Gasteiger partial charge in [0.05, 0.1) is 10.0 Å². The van der Waals surface area contributed by atoms with Crippen LogP contribution in [0.25, 0.3) is 0 Å². The van der Waals surface area contributed by atoms with E-state index in [-0.39, 0.29) is 0 Å². The summed E-state index contributed by atoms with van der Waals surface area (Å²) in [5.74, 6) is 3.80. The first-order chi connectivity index (χ1) is 8.22. The number of hydrogen-bond donors (Lipinski definition) is 1. The molecule has 17 heavy (non-hydrogen) atoms. The van der Waals surface area contributed by atoms with Crippen LogP contribution in [0, 0.1) is 0 Å². The van der Waals surface area contributed by atoms with Gasteiger partial charge < -0.3 is 10.2 Å². The Labute approximate surface area is 116 Å². The summed E-state index contributed by atoms with van der Waals surface area (Å²) < 4.78 is 0. The third-order valence-corrected chi connectivity index (χ3v) is 4.07. The van der Waals surface area contributed by atoms with Crippen LogP contribution >= 0.6 is 35.0 Å². The van der Waals surface area contributed by atoms with Crippen molar-refractivity contribution in [3.63, 3.8) is 0 Å². The Balaban J connectivity index is 2.28. The van der Waals surface area contributed by atoms with E-state index < -0.39 is 0 Å². The molecule has 1 aromatic heterocycles. The summed E-state index contributed by atoms with van der Waals surface area (Å²) in [7, 11) is 0. The number of aromatic nitrogens is 1. The smallest absolute Gasteiger partial charge is 0.150 e. The molecule has 2 rings (SSSR count). The van der Waals surface area contributed by atoms with Crippen molar-refractivity contribution in [2.75, 3.05) is 41.4 Å². The highest BCUT2D eigenvalue weighted by atomic mass is 35.5. The summed E-state index contributed by atoms with van der Waals surface area (Å²) in [6, 6.07) is 1.77. The van der Waals surface area contributed by atoms with Gasteiger partial charge in [-0.25, -0.2) is 4.98 Å². The highest BCUT2D eigenvalue weighted by Gasteiger charge is 2.17. The van der Waals surface area contributed by atoms with Crippen molar-refractivity contribution >= 4 is 46.6 Å². The Morgan fingerprint density at radius 3 is 2.71 bits per heavy atom.